The van der Waals surface area contributed by atoms with Crippen molar-refractivity contribution in [3.63, 3.8) is 0 Å². The number of fused-ring (bicyclic) bond motifs is 1. The van der Waals surface area contributed by atoms with Gasteiger partial charge < -0.3 is 0 Å². The molecule has 1 aromatic heterocycles. The molecule has 0 aliphatic heterocycles. The van der Waals surface area contributed by atoms with Gasteiger partial charge in [-0.1, -0.05) is 24.3 Å². The van der Waals surface area contributed by atoms with E-state index in [1.54, 1.807) is 6.07 Å². The molecule has 0 fully saturated rings. The summed E-state index contributed by atoms with van der Waals surface area (Å²) in [6.45, 7) is 0. The van der Waals surface area contributed by atoms with Gasteiger partial charge in [-0.2, -0.15) is 5.10 Å². The molecular formula is C16H11N5O4. The molecule has 25 heavy (non-hydrogen) atoms. The molecule has 2 aromatic carbocycles. The Morgan fingerprint density at radius 3 is 2.56 bits per heavy atom. The van der Waals surface area contributed by atoms with Gasteiger partial charge in [0.05, 0.1) is 33.3 Å². The fourth-order valence-electron chi connectivity index (χ4n) is 2.20. The number of nitro groups is 2. The number of benzene rings is 2. The van der Waals surface area contributed by atoms with Crippen LogP contribution in [0.5, 0.6) is 0 Å². The second kappa shape index (κ2) is 6.71. The Hall–Kier alpha value is -3.88. The molecular weight excluding hydrogens is 326 g/mol. The van der Waals surface area contributed by atoms with E-state index in [2.05, 4.69) is 15.5 Å². The lowest BCUT2D eigenvalue weighted by atomic mass is 10.2. The molecule has 9 heteroatoms. The van der Waals surface area contributed by atoms with Crippen LogP contribution in [0.2, 0.25) is 0 Å². The minimum atomic E-state index is -0.709. The summed E-state index contributed by atoms with van der Waals surface area (Å²) in [4.78, 5) is 24.8. The summed E-state index contributed by atoms with van der Waals surface area (Å²) >= 11 is 0. The second-order valence-electron chi connectivity index (χ2n) is 5.01. The third-order valence-corrected chi connectivity index (χ3v) is 3.39. The van der Waals surface area contributed by atoms with Gasteiger partial charge in [0, 0.05) is 11.5 Å². The van der Waals surface area contributed by atoms with Crippen molar-refractivity contribution in [3.05, 3.63) is 80.5 Å². The molecule has 9 nitrogen and oxygen atoms in total. The molecule has 1 N–H and O–H groups in total. The van der Waals surface area contributed by atoms with Gasteiger partial charge in [0.25, 0.3) is 5.69 Å². The number of rotatable bonds is 5. The number of anilines is 1. The highest BCUT2D eigenvalue weighted by Crippen LogP contribution is 2.28. The van der Waals surface area contributed by atoms with Crippen molar-refractivity contribution in [1.82, 2.24) is 4.98 Å². The predicted octanol–water partition coefficient (Wildman–Crippen LogP) is 3.50. The molecule has 0 aliphatic carbocycles. The maximum Gasteiger partial charge on any atom is 0.301 e. The van der Waals surface area contributed by atoms with Gasteiger partial charge in [-0.3, -0.25) is 25.7 Å². The lowest BCUT2D eigenvalue weighted by molar-refractivity contribution is -0.393. The number of aromatic nitrogens is 1. The van der Waals surface area contributed by atoms with Crippen LogP contribution in [0.4, 0.5) is 17.1 Å². The SMILES string of the molecule is O=[N+]([O-])c1ccc(NN=Cc2ccc3ccccc3n2)c([N+](=O)[O-])c1. The fourth-order valence-corrected chi connectivity index (χ4v) is 2.20. The molecule has 1 heterocycles. The van der Waals surface area contributed by atoms with E-state index in [1.165, 1.54) is 18.3 Å². The molecule has 0 aliphatic rings. The summed E-state index contributed by atoms with van der Waals surface area (Å²) in [7, 11) is 0. The van der Waals surface area contributed by atoms with Crippen LogP contribution in [0.15, 0.2) is 59.7 Å². The smallest absolute Gasteiger partial charge is 0.272 e. The van der Waals surface area contributed by atoms with Crippen molar-refractivity contribution >= 4 is 34.2 Å². The molecule has 3 rings (SSSR count). The van der Waals surface area contributed by atoms with Crippen molar-refractivity contribution in [1.29, 1.82) is 0 Å². The number of nitrogens with one attached hydrogen (secondary N) is 1. The van der Waals surface area contributed by atoms with E-state index in [1.807, 2.05) is 30.3 Å². The van der Waals surface area contributed by atoms with Crippen LogP contribution >= 0.6 is 0 Å². The normalized spacial score (nSPS) is 10.9. The van der Waals surface area contributed by atoms with Gasteiger partial charge in [0.15, 0.2) is 0 Å². The van der Waals surface area contributed by atoms with E-state index in [9.17, 15) is 20.2 Å². The molecule has 124 valence electrons. The molecule has 0 spiro atoms. The predicted molar refractivity (Wildman–Crippen MR) is 92.7 cm³/mol. The molecule has 0 saturated heterocycles. The number of nitrogens with zero attached hydrogens (tertiary/aromatic N) is 4. The minimum absolute atomic E-state index is 0.0487. The number of non-ortho nitro benzene ring substituents is 1. The van der Waals surface area contributed by atoms with E-state index < -0.39 is 15.5 Å². The summed E-state index contributed by atoms with van der Waals surface area (Å²) in [5.41, 5.74) is 3.14. The Bertz CT molecular complexity index is 1000. The first-order valence-corrected chi connectivity index (χ1v) is 7.12. The lowest BCUT2D eigenvalue weighted by Gasteiger charge is -2.02. The minimum Gasteiger partial charge on any atom is -0.272 e. The summed E-state index contributed by atoms with van der Waals surface area (Å²) in [6.07, 6.45) is 1.41. The maximum atomic E-state index is 11.1. The number of nitro benzene ring substituents is 2. The van der Waals surface area contributed by atoms with E-state index >= 15 is 0 Å². The molecule has 0 saturated carbocycles. The van der Waals surface area contributed by atoms with E-state index in [-0.39, 0.29) is 11.4 Å². The molecule has 0 unspecified atom stereocenters. The Labute approximate surface area is 140 Å². The molecule has 0 radical (unpaired) electrons. The monoisotopic (exact) mass is 337 g/mol. The highest BCUT2D eigenvalue weighted by atomic mass is 16.6. The zero-order valence-electron chi connectivity index (χ0n) is 12.7. The average Bonchev–Trinajstić information content (AvgIpc) is 2.61. The first kappa shape index (κ1) is 16.0. The van der Waals surface area contributed by atoms with Crippen molar-refractivity contribution in [2.75, 3.05) is 5.43 Å². The maximum absolute atomic E-state index is 11.1. The zero-order valence-corrected chi connectivity index (χ0v) is 12.7. The first-order valence-electron chi connectivity index (χ1n) is 7.12. The number of hydrogen-bond acceptors (Lipinski definition) is 7. The van der Waals surface area contributed by atoms with Crippen molar-refractivity contribution in [2.24, 2.45) is 5.10 Å². The topological polar surface area (TPSA) is 124 Å². The standard InChI is InChI=1S/C16H11N5O4/c22-20(23)13-7-8-15(16(9-13)21(24)25)19-17-10-12-6-5-11-3-1-2-4-14(11)18-12/h1-10,19H. The Balaban J connectivity index is 1.83. The zero-order chi connectivity index (χ0) is 17.8. The van der Waals surface area contributed by atoms with Gasteiger partial charge in [0.2, 0.25) is 0 Å². The molecule has 0 bridgehead atoms. The van der Waals surface area contributed by atoms with Gasteiger partial charge >= 0.3 is 5.69 Å². The number of hydrogen-bond donors (Lipinski definition) is 1. The Kier molecular flexibility index (Phi) is 4.29. The third-order valence-electron chi connectivity index (χ3n) is 3.39. The van der Waals surface area contributed by atoms with Crippen LogP contribution < -0.4 is 5.43 Å². The van der Waals surface area contributed by atoms with Crippen LogP contribution in [0.1, 0.15) is 5.69 Å². The van der Waals surface area contributed by atoms with E-state index in [0.717, 1.165) is 17.0 Å². The van der Waals surface area contributed by atoms with Gasteiger partial charge in [-0.05, 0) is 18.2 Å². The highest BCUT2D eigenvalue weighted by Gasteiger charge is 2.19. The Morgan fingerprint density at radius 1 is 1.00 bits per heavy atom. The summed E-state index contributed by atoms with van der Waals surface area (Å²) in [6, 6.07) is 14.5. The molecule has 3 aromatic rings. The summed E-state index contributed by atoms with van der Waals surface area (Å²) in [5.74, 6) is 0. The van der Waals surface area contributed by atoms with Crippen LogP contribution in [-0.4, -0.2) is 21.0 Å². The van der Waals surface area contributed by atoms with Gasteiger partial charge in [0.1, 0.15) is 5.69 Å². The number of pyridine rings is 1. The van der Waals surface area contributed by atoms with Crippen LogP contribution in [-0.2, 0) is 0 Å². The highest BCUT2D eigenvalue weighted by molar-refractivity contribution is 5.85. The van der Waals surface area contributed by atoms with Gasteiger partial charge in [-0.25, -0.2) is 4.98 Å². The van der Waals surface area contributed by atoms with Crippen molar-refractivity contribution in [3.8, 4) is 0 Å². The van der Waals surface area contributed by atoms with E-state index in [0.29, 0.717) is 5.69 Å². The van der Waals surface area contributed by atoms with Crippen LogP contribution in [0.25, 0.3) is 10.9 Å². The second-order valence-corrected chi connectivity index (χ2v) is 5.01. The van der Waals surface area contributed by atoms with E-state index in [4.69, 9.17) is 0 Å². The molecule has 0 atom stereocenters. The van der Waals surface area contributed by atoms with Gasteiger partial charge in [-0.15, -0.1) is 0 Å². The largest absolute Gasteiger partial charge is 0.301 e. The summed E-state index contributed by atoms with van der Waals surface area (Å²) in [5, 5.41) is 26.7. The molecule has 0 amide bonds. The third kappa shape index (κ3) is 3.55. The average molecular weight is 337 g/mol. The Morgan fingerprint density at radius 2 is 1.80 bits per heavy atom. The fraction of sp³-hybridized carbons (Fsp3) is 0. The van der Waals surface area contributed by atoms with Crippen LogP contribution in [0.3, 0.4) is 0 Å². The first-order chi connectivity index (χ1) is 12.0. The lowest BCUT2D eigenvalue weighted by Crippen LogP contribution is -1.99. The summed E-state index contributed by atoms with van der Waals surface area (Å²) < 4.78 is 0. The number of para-hydroxylation sites is 1. The van der Waals surface area contributed by atoms with Crippen LogP contribution in [0, 0.1) is 20.2 Å². The van der Waals surface area contributed by atoms with Crippen molar-refractivity contribution in [2.45, 2.75) is 0 Å². The van der Waals surface area contributed by atoms with Crippen molar-refractivity contribution < 1.29 is 9.85 Å². The quantitative estimate of drug-likeness (QED) is 0.432. The number of hydrazone groups is 1.